The van der Waals surface area contributed by atoms with Gasteiger partial charge in [-0.1, -0.05) is 206 Å². The van der Waals surface area contributed by atoms with Crippen molar-refractivity contribution in [3.05, 3.63) is 277 Å². The standard InChI is InChI=1S/C64H42N2/c1-4-20-43(21-5-1)58-41-48(42-59(65-58)47-25-19-30-51(39-47)66-60-36-16-13-32-53(60)54-33-14-17-37-61(54)66)44-23-18-24-45(38-44)56-40-46-22-10-11-31-52(46)63-62(56)55-34-12-15-35-57(55)64(63,49-26-6-2-7-27-49)50-28-8-3-9-29-50/h1-42H. The van der Waals surface area contributed by atoms with E-state index in [0.717, 1.165) is 39.3 Å². The molecule has 13 rings (SSSR count). The van der Waals surface area contributed by atoms with Gasteiger partial charge in [0.25, 0.3) is 0 Å². The van der Waals surface area contributed by atoms with Crippen molar-refractivity contribution < 1.29 is 0 Å². The van der Waals surface area contributed by atoms with Crippen molar-refractivity contribution in [2.45, 2.75) is 5.41 Å². The Labute approximate surface area is 384 Å². The van der Waals surface area contributed by atoms with E-state index in [1.54, 1.807) is 0 Å². The number of rotatable bonds is 7. The fourth-order valence-corrected chi connectivity index (χ4v) is 11.0. The van der Waals surface area contributed by atoms with Crippen molar-refractivity contribution in [1.82, 2.24) is 9.55 Å². The number of pyridine rings is 1. The van der Waals surface area contributed by atoms with Crippen LogP contribution in [-0.4, -0.2) is 9.55 Å². The van der Waals surface area contributed by atoms with Crippen LogP contribution in [0.25, 0.3) is 94.2 Å². The van der Waals surface area contributed by atoms with Gasteiger partial charge in [0.1, 0.15) is 0 Å². The molecule has 0 N–H and O–H groups in total. The Morgan fingerprint density at radius 1 is 0.333 bits per heavy atom. The molecule has 308 valence electrons. The fourth-order valence-electron chi connectivity index (χ4n) is 11.0. The first-order valence-corrected chi connectivity index (χ1v) is 22.8. The quantitative estimate of drug-likeness (QED) is 0.156. The predicted molar refractivity (Wildman–Crippen MR) is 275 cm³/mol. The van der Waals surface area contributed by atoms with Gasteiger partial charge in [-0.2, -0.15) is 0 Å². The molecule has 0 atom stereocenters. The van der Waals surface area contributed by atoms with E-state index in [1.165, 1.54) is 77.1 Å². The third-order valence-electron chi connectivity index (χ3n) is 13.8. The summed E-state index contributed by atoms with van der Waals surface area (Å²) in [6.45, 7) is 0. The molecule has 2 heterocycles. The van der Waals surface area contributed by atoms with Gasteiger partial charge in [-0.25, -0.2) is 4.98 Å². The Morgan fingerprint density at radius 2 is 0.864 bits per heavy atom. The Balaban J connectivity index is 1.02. The SMILES string of the molecule is c1ccc(-c2cc(-c3cccc(-c4cc5ccccc5c5c4-c4ccccc4C5(c4ccccc4)c4ccccc4)c3)cc(-c3cccc(-n4c5ccccc5c5ccccc54)c3)n2)cc1. The minimum atomic E-state index is -0.528. The molecule has 0 aliphatic heterocycles. The average molecular weight is 839 g/mol. The van der Waals surface area contributed by atoms with Gasteiger partial charge in [0.05, 0.1) is 27.8 Å². The molecule has 0 bridgehead atoms. The van der Waals surface area contributed by atoms with E-state index in [9.17, 15) is 0 Å². The second kappa shape index (κ2) is 15.3. The summed E-state index contributed by atoms with van der Waals surface area (Å²) in [4.78, 5) is 5.40. The van der Waals surface area contributed by atoms with Crippen molar-refractivity contribution in [3.8, 4) is 61.6 Å². The molecule has 0 fully saturated rings. The first-order chi connectivity index (χ1) is 32.7. The van der Waals surface area contributed by atoms with Gasteiger partial charge in [0.2, 0.25) is 0 Å². The van der Waals surface area contributed by atoms with Crippen molar-refractivity contribution >= 4 is 32.6 Å². The van der Waals surface area contributed by atoms with E-state index in [1.807, 2.05) is 0 Å². The maximum atomic E-state index is 5.40. The summed E-state index contributed by atoms with van der Waals surface area (Å²) < 4.78 is 2.38. The van der Waals surface area contributed by atoms with Gasteiger partial charge in [-0.15, -0.1) is 0 Å². The van der Waals surface area contributed by atoms with Crippen molar-refractivity contribution in [2.24, 2.45) is 0 Å². The summed E-state index contributed by atoms with van der Waals surface area (Å²) >= 11 is 0. The first kappa shape index (κ1) is 37.9. The molecular weight excluding hydrogens is 797 g/mol. The van der Waals surface area contributed by atoms with Crippen LogP contribution in [0.3, 0.4) is 0 Å². The molecule has 0 saturated carbocycles. The van der Waals surface area contributed by atoms with Gasteiger partial charge in [-0.3, -0.25) is 0 Å². The highest BCUT2D eigenvalue weighted by atomic mass is 15.0. The molecule has 2 aromatic heterocycles. The normalized spacial score (nSPS) is 12.7. The van der Waals surface area contributed by atoms with Crippen LogP contribution < -0.4 is 0 Å². The highest BCUT2D eigenvalue weighted by Crippen LogP contribution is 2.60. The average Bonchev–Trinajstić information content (AvgIpc) is 3.91. The monoisotopic (exact) mass is 838 g/mol. The predicted octanol–water partition coefficient (Wildman–Crippen LogP) is 16.4. The molecule has 0 amide bonds. The lowest BCUT2D eigenvalue weighted by Crippen LogP contribution is -2.28. The topological polar surface area (TPSA) is 17.8 Å². The first-order valence-electron chi connectivity index (χ1n) is 22.8. The maximum absolute atomic E-state index is 5.40. The Kier molecular flexibility index (Phi) is 8.79. The summed E-state index contributed by atoms with van der Waals surface area (Å²) in [5, 5.41) is 4.99. The zero-order chi connectivity index (χ0) is 43.6. The van der Waals surface area contributed by atoms with Gasteiger partial charge < -0.3 is 4.57 Å². The van der Waals surface area contributed by atoms with E-state index in [2.05, 4.69) is 259 Å². The maximum Gasteiger partial charge on any atom is 0.0719 e. The summed E-state index contributed by atoms with van der Waals surface area (Å²) in [7, 11) is 0. The Bertz CT molecular complexity index is 3720. The largest absolute Gasteiger partial charge is 0.309 e. The van der Waals surface area contributed by atoms with Gasteiger partial charge in [-0.05, 0) is 115 Å². The van der Waals surface area contributed by atoms with Gasteiger partial charge in [0.15, 0.2) is 0 Å². The second-order valence-corrected chi connectivity index (χ2v) is 17.4. The van der Waals surface area contributed by atoms with E-state index >= 15 is 0 Å². The van der Waals surface area contributed by atoms with Gasteiger partial charge in [0, 0.05) is 27.6 Å². The van der Waals surface area contributed by atoms with Crippen LogP contribution in [0, 0.1) is 0 Å². The summed E-state index contributed by atoms with van der Waals surface area (Å²) in [5.74, 6) is 0. The number of aromatic nitrogens is 2. The van der Waals surface area contributed by atoms with Crippen LogP contribution in [0.2, 0.25) is 0 Å². The zero-order valence-electron chi connectivity index (χ0n) is 36.1. The minimum absolute atomic E-state index is 0.528. The lowest BCUT2D eigenvalue weighted by atomic mass is 9.66. The molecule has 10 aromatic carbocycles. The molecule has 2 heteroatoms. The van der Waals surface area contributed by atoms with Crippen LogP contribution in [0.4, 0.5) is 0 Å². The molecular formula is C64H42N2. The Hall–Kier alpha value is -8.59. The highest BCUT2D eigenvalue weighted by Gasteiger charge is 2.48. The number of nitrogens with zero attached hydrogens (tertiary/aromatic N) is 2. The number of benzene rings is 10. The molecule has 2 nitrogen and oxygen atoms in total. The molecule has 1 aliphatic rings. The van der Waals surface area contributed by atoms with Crippen LogP contribution >= 0.6 is 0 Å². The van der Waals surface area contributed by atoms with Crippen molar-refractivity contribution in [1.29, 1.82) is 0 Å². The number of hydrogen-bond acceptors (Lipinski definition) is 1. The Morgan fingerprint density at radius 3 is 1.58 bits per heavy atom. The second-order valence-electron chi connectivity index (χ2n) is 17.4. The molecule has 0 radical (unpaired) electrons. The zero-order valence-corrected chi connectivity index (χ0v) is 36.1. The third-order valence-corrected chi connectivity index (χ3v) is 13.8. The molecule has 66 heavy (non-hydrogen) atoms. The van der Waals surface area contributed by atoms with E-state index in [4.69, 9.17) is 4.98 Å². The van der Waals surface area contributed by atoms with Crippen LogP contribution in [0.15, 0.2) is 255 Å². The van der Waals surface area contributed by atoms with Crippen molar-refractivity contribution in [2.75, 3.05) is 0 Å². The van der Waals surface area contributed by atoms with Crippen LogP contribution in [0.5, 0.6) is 0 Å². The van der Waals surface area contributed by atoms with Crippen LogP contribution in [-0.2, 0) is 5.41 Å². The molecule has 0 unspecified atom stereocenters. The molecule has 0 spiro atoms. The van der Waals surface area contributed by atoms with E-state index in [0.29, 0.717) is 0 Å². The van der Waals surface area contributed by atoms with Crippen LogP contribution in [0.1, 0.15) is 22.3 Å². The van der Waals surface area contributed by atoms with Gasteiger partial charge >= 0.3 is 0 Å². The molecule has 12 aromatic rings. The minimum Gasteiger partial charge on any atom is -0.309 e. The molecule has 1 aliphatic carbocycles. The lowest BCUT2D eigenvalue weighted by Gasteiger charge is -2.35. The fraction of sp³-hybridized carbons (Fsp3) is 0.0156. The summed E-state index contributed by atoms with van der Waals surface area (Å²) in [6, 6.07) is 93.2. The number of fused-ring (bicyclic) bond motifs is 8. The van der Waals surface area contributed by atoms with E-state index in [-0.39, 0.29) is 0 Å². The number of para-hydroxylation sites is 2. The molecule has 0 saturated heterocycles. The lowest BCUT2D eigenvalue weighted by molar-refractivity contribution is 0.775. The third kappa shape index (κ3) is 5.85. The van der Waals surface area contributed by atoms with E-state index < -0.39 is 5.41 Å². The highest BCUT2D eigenvalue weighted by molar-refractivity contribution is 6.10. The van der Waals surface area contributed by atoms with Crippen molar-refractivity contribution in [3.63, 3.8) is 0 Å². The smallest absolute Gasteiger partial charge is 0.0719 e. The summed E-state index contributed by atoms with van der Waals surface area (Å²) in [6.07, 6.45) is 0. The number of hydrogen-bond donors (Lipinski definition) is 0. The summed E-state index contributed by atoms with van der Waals surface area (Å²) in [5.41, 5.74) is 19.3.